The fraction of sp³-hybridized carbons (Fsp3) is 0.652. The quantitative estimate of drug-likeness (QED) is 0.766. The van der Waals surface area contributed by atoms with Crippen LogP contribution in [0.4, 0.5) is 0 Å². The number of rotatable bonds is 6. The molecule has 5 heteroatoms. The molecule has 28 heavy (non-hydrogen) atoms. The predicted octanol–water partition coefficient (Wildman–Crippen LogP) is 2.95. The Morgan fingerprint density at radius 1 is 0.964 bits per heavy atom. The van der Waals surface area contributed by atoms with Gasteiger partial charge in [-0.25, -0.2) is 0 Å². The van der Waals surface area contributed by atoms with Crippen molar-refractivity contribution in [3.63, 3.8) is 0 Å². The number of hydrogen-bond donors (Lipinski definition) is 1. The highest BCUT2D eigenvalue weighted by atomic mass is 16.2. The molecule has 0 atom stereocenters. The molecule has 1 N–H and O–H groups in total. The van der Waals surface area contributed by atoms with Crippen molar-refractivity contribution in [1.29, 1.82) is 0 Å². The molecule has 2 aliphatic rings. The summed E-state index contributed by atoms with van der Waals surface area (Å²) < 4.78 is 0. The van der Waals surface area contributed by atoms with Crippen LogP contribution < -0.4 is 5.32 Å². The molecule has 1 aromatic carbocycles. The van der Waals surface area contributed by atoms with E-state index in [1.54, 1.807) is 6.92 Å². The van der Waals surface area contributed by atoms with E-state index in [9.17, 15) is 9.59 Å². The first-order valence-electron chi connectivity index (χ1n) is 10.9. The van der Waals surface area contributed by atoms with E-state index in [1.807, 2.05) is 23.1 Å². The fourth-order valence-electron chi connectivity index (χ4n) is 4.64. The van der Waals surface area contributed by atoms with Crippen LogP contribution in [-0.2, 0) is 15.0 Å². The van der Waals surface area contributed by atoms with Crippen molar-refractivity contribution in [3.05, 3.63) is 35.9 Å². The minimum Gasteiger partial charge on any atom is -0.355 e. The van der Waals surface area contributed by atoms with Crippen LogP contribution in [0.25, 0.3) is 0 Å². The maximum atomic E-state index is 13.3. The lowest BCUT2D eigenvalue weighted by Crippen LogP contribution is -2.52. The van der Waals surface area contributed by atoms with Crippen molar-refractivity contribution >= 4 is 11.8 Å². The third kappa shape index (κ3) is 5.13. The average Bonchev–Trinajstić information content (AvgIpc) is 3.00. The number of hydrogen-bond acceptors (Lipinski definition) is 3. The first-order valence-corrected chi connectivity index (χ1v) is 10.9. The molecule has 2 amide bonds. The molecule has 0 spiro atoms. The van der Waals surface area contributed by atoms with E-state index in [0.717, 1.165) is 25.1 Å². The molecule has 0 unspecified atom stereocenters. The molecule has 5 nitrogen and oxygen atoms in total. The Morgan fingerprint density at radius 3 is 2.21 bits per heavy atom. The highest BCUT2D eigenvalue weighted by molar-refractivity contribution is 5.88. The normalized spacial score (nSPS) is 20.4. The highest BCUT2D eigenvalue weighted by Gasteiger charge is 2.43. The number of benzene rings is 1. The molecule has 0 radical (unpaired) electrons. The van der Waals surface area contributed by atoms with Gasteiger partial charge < -0.3 is 15.1 Å². The van der Waals surface area contributed by atoms with Gasteiger partial charge in [-0.05, 0) is 57.3 Å². The number of carbonyl (C=O) groups is 2. The molecule has 0 aliphatic carbocycles. The van der Waals surface area contributed by atoms with Crippen LogP contribution in [0, 0.1) is 0 Å². The molecule has 0 saturated carbocycles. The van der Waals surface area contributed by atoms with E-state index >= 15 is 0 Å². The summed E-state index contributed by atoms with van der Waals surface area (Å²) in [6, 6.07) is 10.1. The van der Waals surface area contributed by atoms with E-state index in [1.165, 1.54) is 38.8 Å². The van der Waals surface area contributed by atoms with Crippen LogP contribution >= 0.6 is 0 Å². The standard InChI is InChI=1S/C23H35N3O2/c1-20(27)26-18-12-23(13-19-26,21-10-5-4-6-11-21)22(28)24-14-9-17-25-15-7-2-3-8-16-25/h4-6,10-11H,2-3,7-9,12-19H2,1H3,(H,24,28). The van der Waals surface area contributed by atoms with Gasteiger partial charge in [-0.15, -0.1) is 0 Å². The van der Waals surface area contributed by atoms with Gasteiger partial charge in [0.15, 0.2) is 0 Å². The molecule has 2 saturated heterocycles. The number of nitrogens with zero attached hydrogens (tertiary/aromatic N) is 2. The Morgan fingerprint density at radius 2 is 1.61 bits per heavy atom. The van der Waals surface area contributed by atoms with Crippen molar-refractivity contribution in [3.8, 4) is 0 Å². The van der Waals surface area contributed by atoms with Gasteiger partial charge in [-0.3, -0.25) is 9.59 Å². The van der Waals surface area contributed by atoms with E-state index in [-0.39, 0.29) is 11.8 Å². The molecule has 0 bridgehead atoms. The molecule has 2 fully saturated rings. The maximum absolute atomic E-state index is 13.3. The van der Waals surface area contributed by atoms with Crippen LogP contribution in [0.15, 0.2) is 30.3 Å². The molecule has 2 heterocycles. The SMILES string of the molecule is CC(=O)N1CCC(C(=O)NCCCN2CCCCCC2)(c2ccccc2)CC1. The van der Waals surface area contributed by atoms with E-state index < -0.39 is 5.41 Å². The molecule has 3 rings (SSSR count). The second kappa shape index (κ2) is 10.1. The summed E-state index contributed by atoms with van der Waals surface area (Å²) in [6.45, 7) is 7.08. The third-order valence-corrected chi connectivity index (χ3v) is 6.46. The largest absolute Gasteiger partial charge is 0.355 e. The fourth-order valence-corrected chi connectivity index (χ4v) is 4.64. The van der Waals surface area contributed by atoms with Gasteiger partial charge in [-0.1, -0.05) is 43.2 Å². The Labute approximate surface area is 169 Å². The summed E-state index contributed by atoms with van der Waals surface area (Å²) in [6.07, 6.45) is 7.68. The summed E-state index contributed by atoms with van der Waals surface area (Å²) >= 11 is 0. The summed E-state index contributed by atoms with van der Waals surface area (Å²) in [5.41, 5.74) is 0.554. The lowest BCUT2D eigenvalue weighted by Gasteiger charge is -2.40. The second-order valence-corrected chi connectivity index (χ2v) is 8.32. The highest BCUT2D eigenvalue weighted by Crippen LogP contribution is 2.36. The zero-order valence-corrected chi connectivity index (χ0v) is 17.3. The molecule has 1 aromatic rings. The van der Waals surface area contributed by atoms with Crippen LogP contribution in [0.5, 0.6) is 0 Å². The number of nitrogens with one attached hydrogen (secondary N) is 1. The van der Waals surface area contributed by atoms with E-state index in [0.29, 0.717) is 25.9 Å². The lowest BCUT2D eigenvalue weighted by atomic mass is 9.72. The molecular formula is C23H35N3O2. The topological polar surface area (TPSA) is 52.7 Å². The van der Waals surface area contributed by atoms with Gasteiger partial charge in [0, 0.05) is 26.6 Å². The van der Waals surface area contributed by atoms with Gasteiger partial charge in [-0.2, -0.15) is 0 Å². The summed E-state index contributed by atoms with van der Waals surface area (Å²) in [4.78, 5) is 29.4. The lowest BCUT2D eigenvalue weighted by molar-refractivity contribution is -0.135. The summed E-state index contributed by atoms with van der Waals surface area (Å²) in [7, 11) is 0. The van der Waals surface area contributed by atoms with Gasteiger partial charge >= 0.3 is 0 Å². The maximum Gasteiger partial charge on any atom is 0.230 e. The zero-order chi connectivity index (χ0) is 19.8. The van der Waals surface area contributed by atoms with E-state index in [2.05, 4.69) is 22.3 Å². The monoisotopic (exact) mass is 385 g/mol. The Bertz CT molecular complexity index is 631. The minimum absolute atomic E-state index is 0.0968. The number of amides is 2. The molecular weight excluding hydrogens is 350 g/mol. The first-order chi connectivity index (χ1) is 13.6. The second-order valence-electron chi connectivity index (χ2n) is 8.32. The smallest absolute Gasteiger partial charge is 0.230 e. The summed E-state index contributed by atoms with van der Waals surface area (Å²) in [5.74, 6) is 0.220. The molecule has 2 aliphatic heterocycles. The van der Waals surface area contributed by atoms with Crippen molar-refractivity contribution < 1.29 is 9.59 Å². The van der Waals surface area contributed by atoms with Gasteiger partial charge in [0.25, 0.3) is 0 Å². The van der Waals surface area contributed by atoms with Gasteiger partial charge in [0.2, 0.25) is 11.8 Å². The molecule has 0 aromatic heterocycles. The van der Waals surface area contributed by atoms with Gasteiger partial charge in [0.05, 0.1) is 5.41 Å². The van der Waals surface area contributed by atoms with Crippen molar-refractivity contribution in [2.75, 3.05) is 39.3 Å². The minimum atomic E-state index is -0.518. The van der Waals surface area contributed by atoms with Crippen molar-refractivity contribution in [2.45, 2.75) is 57.3 Å². The Hall–Kier alpha value is -1.88. The first kappa shape index (κ1) is 20.8. The van der Waals surface area contributed by atoms with Crippen LogP contribution in [0.2, 0.25) is 0 Å². The third-order valence-electron chi connectivity index (χ3n) is 6.46. The number of carbonyl (C=O) groups excluding carboxylic acids is 2. The van der Waals surface area contributed by atoms with Crippen LogP contribution in [0.3, 0.4) is 0 Å². The van der Waals surface area contributed by atoms with E-state index in [4.69, 9.17) is 0 Å². The number of piperidine rings is 1. The van der Waals surface area contributed by atoms with Crippen LogP contribution in [-0.4, -0.2) is 60.9 Å². The average molecular weight is 386 g/mol. The molecule has 154 valence electrons. The Balaban J connectivity index is 1.57. The van der Waals surface area contributed by atoms with Crippen molar-refractivity contribution in [1.82, 2.24) is 15.1 Å². The van der Waals surface area contributed by atoms with Crippen LogP contribution in [0.1, 0.15) is 57.4 Å². The zero-order valence-electron chi connectivity index (χ0n) is 17.3. The Kier molecular flexibility index (Phi) is 7.49. The number of likely N-dealkylation sites (tertiary alicyclic amines) is 2. The van der Waals surface area contributed by atoms with Crippen molar-refractivity contribution in [2.24, 2.45) is 0 Å². The van der Waals surface area contributed by atoms with Gasteiger partial charge in [0.1, 0.15) is 0 Å². The summed E-state index contributed by atoms with van der Waals surface area (Å²) in [5, 5.41) is 3.22. The predicted molar refractivity (Wildman–Crippen MR) is 112 cm³/mol.